The topological polar surface area (TPSA) is 32.3 Å². The maximum atomic E-state index is 12.0. The minimum Gasteiger partial charge on any atom is -0.388 e. The second-order valence-electron chi connectivity index (χ2n) is 4.45. The van der Waals surface area contributed by atoms with E-state index in [0.29, 0.717) is 6.54 Å². The molecule has 1 aliphatic rings. The molecule has 1 rings (SSSR count). The highest BCUT2D eigenvalue weighted by Crippen LogP contribution is 2.12. The first-order valence-electron chi connectivity index (χ1n) is 5.79. The van der Waals surface area contributed by atoms with Crippen LogP contribution in [0.5, 0.6) is 0 Å². The predicted molar refractivity (Wildman–Crippen MR) is 62.4 cm³/mol. The smallest absolute Gasteiger partial charge is 0.227 e. The summed E-state index contributed by atoms with van der Waals surface area (Å²) < 4.78 is 0. The number of nitrogens with zero attached hydrogens (tertiary/aromatic N) is 1. The summed E-state index contributed by atoms with van der Waals surface area (Å²) in [5.41, 5.74) is 0.924. The Balaban J connectivity index is 2.33. The lowest BCUT2D eigenvalue weighted by Crippen LogP contribution is -2.41. The molecule has 0 saturated carbocycles. The van der Waals surface area contributed by atoms with Gasteiger partial charge in [0.15, 0.2) is 0 Å². The molecule has 1 atom stereocenters. The van der Waals surface area contributed by atoms with E-state index in [1.165, 1.54) is 6.42 Å². The molecule has 0 bridgehead atoms. The van der Waals surface area contributed by atoms with E-state index in [-0.39, 0.29) is 11.8 Å². The van der Waals surface area contributed by atoms with E-state index in [4.69, 9.17) is 0 Å². The number of carbonyl (C=O) groups is 1. The van der Waals surface area contributed by atoms with E-state index in [2.05, 4.69) is 11.9 Å². The van der Waals surface area contributed by atoms with Crippen molar-refractivity contribution in [2.75, 3.05) is 19.6 Å². The van der Waals surface area contributed by atoms with Gasteiger partial charge in [-0.2, -0.15) is 0 Å². The number of piperidine rings is 1. The normalized spacial score (nSPS) is 18.4. The molecule has 0 aliphatic carbocycles. The molecule has 1 saturated heterocycles. The van der Waals surface area contributed by atoms with Crippen LogP contribution in [0.4, 0.5) is 0 Å². The van der Waals surface area contributed by atoms with Crippen LogP contribution in [-0.2, 0) is 4.79 Å². The van der Waals surface area contributed by atoms with E-state index in [0.717, 1.165) is 31.6 Å². The monoisotopic (exact) mass is 210 g/mol. The van der Waals surface area contributed by atoms with Gasteiger partial charge < -0.3 is 10.2 Å². The number of rotatable bonds is 4. The Bertz CT molecular complexity index is 232. The minimum atomic E-state index is 0.0554. The molecule has 1 fully saturated rings. The average molecular weight is 210 g/mol. The van der Waals surface area contributed by atoms with Crippen molar-refractivity contribution in [1.29, 1.82) is 0 Å². The van der Waals surface area contributed by atoms with Crippen LogP contribution in [0.15, 0.2) is 12.3 Å². The van der Waals surface area contributed by atoms with E-state index < -0.39 is 0 Å². The molecule has 3 heteroatoms. The van der Waals surface area contributed by atoms with Crippen molar-refractivity contribution in [2.24, 2.45) is 5.92 Å². The van der Waals surface area contributed by atoms with Gasteiger partial charge >= 0.3 is 0 Å². The van der Waals surface area contributed by atoms with Crippen LogP contribution >= 0.6 is 0 Å². The molecular formula is C12H22N2O. The summed E-state index contributed by atoms with van der Waals surface area (Å²) in [5.74, 6) is 0.336. The molecule has 1 aliphatic heterocycles. The summed E-state index contributed by atoms with van der Waals surface area (Å²) in [4.78, 5) is 14.0. The molecule has 1 unspecified atom stereocenters. The highest BCUT2D eigenvalue weighted by atomic mass is 16.2. The molecule has 0 aromatic heterocycles. The van der Waals surface area contributed by atoms with Crippen LogP contribution in [-0.4, -0.2) is 30.4 Å². The van der Waals surface area contributed by atoms with Crippen LogP contribution in [0.2, 0.25) is 0 Å². The number of amides is 1. The van der Waals surface area contributed by atoms with Crippen molar-refractivity contribution in [3.8, 4) is 0 Å². The lowest BCUT2D eigenvalue weighted by Gasteiger charge is -2.29. The molecule has 1 N–H and O–H groups in total. The zero-order valence-electron chi connectivity index (χ0n) is 9.88. The second-order valence-corrected chi connectivity index (χ2v) is 4.45. The molecule has 0 radical (unpaired) electrons. The van der Waals surface area contributed by atoms with Crippen LogP contribution in [0.1, 0.15) is 33.1 Å². The molecular weight excluding hydrogens is 188 g/mol. The highest BCUT2D eigenvalue weighted by molar-refractivity contribution is 5.78. The Morgan fingerprint density at radius 1 is 1.40 bits per heavy atom. The van der Waals surface area contributed by atoms with Crippen LogP contribution in [0, 0.1) is 5.92 Å². The molecule has 86 valence electrons. The summed E-state index contributed by atoms with van der Waals surface area (Å²) in [6, 6.07) is 0. The number of nitrogens with one attached hydrogen (secondary N) is 1. The first-order chi connectivity index (χ1) is 7.11. The van der Waals surface area contributed by atoms with E-state index in [9.17, 15) is 4.79 Å². The number of hydrogen-bond donors (Lipinski definition) is 1. The average Bonchev–Trinajstić information content (AvgIpc) is 2.26. The summed E-state index contributed by atoms with van der Waals surface area (Å²) in [6.45, 7) is 10.2. The zero-order valence-corrected chi connectivity index (χ0v) is 9.88. The Labute approximate surface area is 92.5 Å². The lowest BCUT2D eigenvalue weighted by atomic mass is 10.1. The van der Waals surface area contributed by atoms with Gasteiger partial charge in [-0.25, -0.2) is 0 Å². The molecule has 0 aromatic rings. The van der Waals surface area contributed by atoms with Gasteiger partial charge in [0, 0.05) is 25.3 Å². The Morgan fingerprint density at radius 3 is 2.53 bits per heavy atom. The fourth-order valence-electron chi connectivity index (χ4n) is 1.84. The van der Waals surface area contributed by atoms with Crippen molar-refractivity contribution < 1.29 is 4.79 Å². The van der Waals surface area contributed by atoms with Crippen LogP contribution in [0.3, 0.4) is 0 Å². The number of carbonyl (C=O) groups excluding carboxylic acids is 1. The van der Waals surface area contributed by atoms with E-state index in [1.807, 2.05) is 18.7 Å². The zero-order chi connectivity index (χ0) is 11.3. The maximum Gasteiger partial charge on any atom is 0.227 e. The molecule has 0 spiro atoms. The number of likely N-dealkylation sites (tertiary alicyclic amines) is 1. The van der Waals surface area contributed by atoms with Gasteiger partial charge in [-0.1, -0.05) is 13.5 Å². The summed E-state index contributed by atoms with van der Waals surface area (Å²) in [7, 11) is 0. The minimum absolute atomic E-state index is 0.0554. The summed E-state index contributed by atoms with van der Waals surface area (Å²) in [6.07, 6.45) is 3.58. The molecule has 15 heavy (non-hydrogen) atoms. The third-order valence-electron chi connectivity index (χ3n) is 2.80. The Morgan fingerprint density at radius 2 is 2.00 bits per heavy atom. The van der Waals surface area contributed by atoms with Gasteiger partial charge in [0.1, 0.15) is 0 Å². The van der Waals surface area contributed by atoms with Gasteiger partial charge in [0.25, 0.3) is 0 Å². The van der Waals surface area contributed by atoms with Crippen LogP contribution < -0.4 is 5.32 Å². The van der Waals surface area contributed by atoms with Gasteiger partial charge in [-0.15, -0.1) is 0 Å². The first-order valence-corrected chi connectivity index (χ1v) is 5.79. The maximum absolute atomic E-state index is 12.0. The van der Waals surface area contributed by atoms with Crippen molar-refractivity contribution in [3.63, 3.8) is 0 Å². The van der Waals surface area contributed by atoms with Gasteiger partial charge in [-0.3, -0.25) is 4.79 Å². The summed E-state index contributed by atoms with van der Waals surface area (Å²) in [5, 5.41) is 3.12. The molecule has 1 heterocycles. The van der Waals surface area contributed by atoms with Crippen molar-refractivity contribution in [3.05, 3.63) is 12.3 Å². The number of hydrogen-bond acceptors (Lipinski definition) is 2. The van der Waals surface area contributed by atoms with Crippen LogP contribution in [0.25, 0.3) is 0 Å². The standard InChI is InChI=1S/C12H22N2O/c1-10(2)13-9-11(3)12(15)14-7-5-4-6-8-14/h11,13H,1,4-9H2,2-3H3. The quantitative estimate of drug-likeness (QED) is 0.767. The fraction of sp³-hybridized carbons (Fsp3) is 0.750. The highest BCUT2D eigenvalue weighted by Gasteiger charge is 2.21. The van der Waals surface area contributed by atoms with Crippen molar-refractivity contribution >= 4 is 5.91 Å². The van der Waals surface area contributed by atoms with E-state index >= 15 is 0 Å². The molecule has 1 amide bonds. The number of allylic oxidation sites excluding steroid dienone is 1. The Hall–Kier alpha value is -0.990. The summed E-state index contributed by atoms with van der Waals surface area (Å²) >= 11 is 0. The largest absolute Gasteiger partial charge is 0.388 e. The SMILES string of the molecule is C=C(C)NCC(C)C(=O)N1CCCCC1. The first kappa shape index (κ1) is 12.1. The second kappa shape index (κ2) is 5.79. The third kappa shape index (κ3) is 3.94. The van der Waals surface area contributed by atoms with Gasteiger partial charge in [0.05, 0.1) is 5.92 Å². The predicted octanol–water partition coefficient (Wildman–Crippen LogP) is 1.76. The van der Waals surface area contributed by atoms with Crippen molar-refractivity contribution in [2.45, 2.75) is 33.1 Å². The third-order valence-corrected chi connectivity index (χ3v) is 2.80. The molecule has 3 nitrogen and oxygen atoms in total. The molecule has 0 aromatic carbocycles. The van der Waals surface area contributed by atoms with E-state index in [1.54, 1.807) is 0 Å². The van der Waals surface area contributed by atoms with Crippen molar-refractivity contribution in [1.82, 2.24) is 10.2 Å². The fourth-order valence-corrected chi connectivity index (χ4v) is 1.84. The van der Waals surface area contributed by atoms with Gasteiger partial charge in [0.2, 0.25) is 5.91 Å². The van der Waals surface area contributed by atoms with Gasteiger partial charge in [-0.05, 0) is 26.2 Å². The Kier molecular flexibility index (Phi) is 4.66. The lowest BCUT2D eigenvalue weighted by molar-refractivity contribution is -0.135.